The van der Waals surface area contributed by atoms with Crippen LogP contribution in [0.3, 0.4) is 0 Å². The van der Waals surface area contributed by atoms with Gasteiger partial charge in [0.1, 0.15) is 5.82 Å². The van der Waals surface area contributed by atoms with Gasteiger partial charge in [-0.25, -0.2) is 5.84 Å². The third-order valence-electron chi connectivity index (χ3n) is 3.74. The fourth-order valence-electron chi connectivity index (χ4n) is 2.64. The lowest BCUT2D eigenvalue weighted by Gasteiger charge is -2.22. The maximum absolute atomic E-state index is 10.2. The number of H-pyrrole nitrogens is 1. The predicted octanol–water partition coefficient (Wildman–Crippen LogP) is 0.744. The lowest BCUT2D eigenvalue weighted by molar-refractivity contribution is 0.144. The van der Waals surface area contributed by atoms with Gasteiger partial charge in [0, 0.05) is 0 Å². The number of nitrogens with two attached hydrogens (primary N) is 1. The number of fused-ring (bicyclic) bond motifs is 1. The van der Waals surface area contributed by atoms with Crippen LogP contribution in [0.5, 0.6) is 0 Å². The van der Waals surface area contributed by atoms with Gasteiger partial charge in [0.25, 0.3) is 0 Å². The van der Waals surface area contributed by atoms with Crippen LogP contribution < -0.4 is 16.6 Å². The molecule has 1 saturated carbocycles. The third-order valence-corrected chi connectivity index (χ3v) is 3.74. The Morgan fingerprint density at radius 3 is 2.95 bits per heavy atom. The van der Waals surface area contributed by atoms with Crippen molar-refractivity contribution in [3.05, 3.63) is 6.20 Å². The number of hydrogen-bond donors (Lipinski definition) is 5. The van der Waals surface area contributed by atoms with E-state index in [-0.39, 0.29) is 12.1 Å². The molecular weight excluding hydrogens is 258 g/mol. The highest BCUT2D eigenvalue weighted by atomic mass is 16.3. The number of rotatable bonds is 3. The van der Waals surface area contributed by atoms with Gasteiger partial charge in [-0.2, -0.15) is 15.1 Å². The number of hydrazine groups is 1. The number of nitrogen functional groups attached to an aromatic ring is 1. The van der Waals surface area contributed by atoms with Crippen molar-refractivity contribution < 1.29 is 5.11 Å². The van der Waals surface area contributed by atoms with Crippen LogP contribution in [0.25, 0.3) is 11.0 Å². The number of nitrogens with zero attached hydrogens (tertiary/aromatic N) is 3. The molecular formula is C12H19N7O. The Hall–Kier alpha value is -1.93. The van der Waals surface area contributed by atoms with Crippen molar-refractivity contribution in [1.29, 1.82) is 0 Å². The van der Waals surface area contributed by atoms with Gasteiger partial charge < -0.3 is 10.4 Å². The monoisotopic (exact) mass is 277 g/mol. The van der Waals surface area contributed by atoms with Gasteiger partial charge in [-0.1, -0.05) is 19.3 Å². The second-order valence-electron chi connectivity index (χ2n) is 5.13. The number of aliphatic hydroxyl groups is 1. The summed E-state index contributed by atoms with van der Waals surface area (Å²) in [6.45, 7) is 0. The molecule has 2 aromatic heterocycles. The lowest BCUT2D eigenvalue weighted by atomic mass is 10.1. The topological polar surface area (TPSA) is 125 Å². The summed E-state index contributed by atoms with van der Waals surface area (Å²) in [4.78, 5) is 8.50. The first-order valence-corrected chi connectivity index (χ1v) is 6.90. The number of aromatic nitrogens is 4. The normalized spacial score (nSPS) is 23.5. The summed E-state index contributed by atoms with van der Waals surface area (Å²) in [5, 5.41) is 21.1. The number of hydrogen-bond acceptors (Lipinski definition) is 7. The number of anilines is 2. The summed E-state index contributed by atoms with van der Waals surface area (Å²) < 4.78 is 0. The minimum Gasteiger partial charge on any atom is -0.391 e. The van der Waals surface area contributed by atoms with Gasteiger partial charge in [0.15, 0.2) is 5.65 Å². The van der Waals surface area contributed by atoms with Crippen molar-refractivity contribution in [2.24, 2.45) is 5.84 Å². The molecule has 3 rings (SSSR count). The molecule has 2 aromatic rings. The average molecular weight is 277 g/mol. The Bertz CT molecular complexity index is 584. The second-order valence-corrected chi connectivity index (χ2v) is 5.13. The quantitative estimate of drug-likeness (QED) is 0.318. The molecule has 0 radical (unpaired) electrons. The number of aliphatic hydroxyl groups excluding tert-OH is 1. The van der Waals surface area contributed by atoms with E-state index in [1.165, 1.54) is 0 Å². The molecule has 6 N–H and O–H groups in total. The van der Waals surface area contributed by atoms with Gasteiger partial charge >= 0.3 is 0 Å². The molecule has 1 fully saturated rings. The first-order valence-electron chi connectivity index (χ1n) is 6.90. The maximum atomic E-state index is 10.2. The van der Waals surface area contributed by atoms with Crippen LogP contribution in [0.4, 0.5) is 11.8 Å². The van der Waals surface area contributed by atoms with Crippen molar-refractivity contribution in [2.75, 3.05) is 10.7 Å². The van der Waals surface area contributed by atoms with Crippen molar-refractivity contribution >= 4 is 22.8 Å². The Labute approximate surface area is 116 Å². The van der Waals surface area contributed by atoms with Gasteiger partial charge in [-0.05, 0) is 12.8 Å². The molecule has 1 aliphatic carbocycles. The number of aromatic amines is 1. The predicted molar refractivity (Wildman–Crippen MR) is 76.0 cm³/mol. The first kappa shape index (κ1) is 13.1. The van der Waals surface area contributed by atoms with Gasteiger partial charge in [0.2, 0.25) is 5.95 Å². The van der Waals surface area contributed by atoms with E-state index in [4.69, 9.17) is 5.84 Å². The van der Waals surface area contributed by atoms with Crippen molar-refractivity contribution in [1.82, 2.24) is 20.2 Å². The standard InChI is InChI=1S/C12H19N7O/c13-18-12-16-10(7-6-14-19-11(7)17-12)15-8-4-2-1-3-5-9(8)20/h6,8-9,20H,1-5,13H2,(H3,14,15,16,17,18,19). The van der Waals surface area contributed by atoms with Crippen LogP contribution in [0.15, 0.2) is 6.20 Å². The molecule has 1 aliphatic rings. The first-order chi connectivity index (χ1) is 9.78. The zero-order valence-corrected chi connectivity index (χ0v) is 11.1. The van der Waals surface area contributed by atoms with E-state index in [9.17, 15) is 5.11 Å². The van der Waals surface area contributed by atoms with Gasteiger partial charge in [-0.15, -0.1) is 0 Å². The van der Waals surface area contributed by atoms with Crippen molar-refractivity contribution in [3.8, 4) is 0 Å². The summed E-state index contributed by atoms with van der Waals surface area (Å²) in [5.74, 6) is 6.33. The highest BCUT2D eigenvalue weighted by Gasteiger charge is 2.23. The maximum Gasteiger partial charge on any atom is 0.241 e. The summed E-state index contributed by atoms with van der Waals surface area (Å²) >= 11 is 0. The molecule has 0 aromatic carbocycles. The highest BCUT2D eigenvalue weighted by Crippen LogP contribution is 2.25. The van der Waals surface area contributed by atoms with Crippen LogP contribution in [-0.2, 0) is 0 Å². The van der Waals surface area contributed by atoms with E-state index in [1.54, 1.807) is 6.20 Å². The van der Waals surface area contributed by atoms with Gasteiger partial charge in [0.05, 0.1) is 23.7 Å². The molecule has 108 valence electrons. The van der Waals surface area contributed by atoms with Crippen LogP contribution in [0.2, 0.25) is 0 Å². The largest absolute Gasteiger partial charge is 0.391 e. The van der Waals surface area contributed by atoms with Crippen LogP contribution >= 0.6 is 0 Å². The van der Waals surface area contributed by atoms with Crippen LogP contribution in [0.1, 0.15) is 32.1 Å². The van der Waals surface area contributed by atoms with Crippen molar-refractivity contribution in [3.63, 3.8) is 0 Å². The van der Waals surface area contributed by atoms with Crippen LogP contribution in [0, 0.1) is 0 Å². The molecule has 8 heteroatoms. The molecule has 8 nitrogen and oxygen atoms in total. The Morgan fingerprint density at radius 2 is 2.10 bits per heavy atom. The van der Waals surface area contributed by atoms with E-state index in [0.29, 0.717) is 17.4 Å². The fourth-order valence-corrected chi connectivity index (χ4v) is 2.64. The average Bonchev–Trinajstić information content (AvgIpc) is 2.84. The molecule has 0 aliphatic heterocycles. The molecule has 0 amide bonds. The summed E-state index contributed by atoms with van der Waals surface area (Å²) in [6, 6.07) is -0.00359. The smallest absolute Gasteiger partial charge is 0.241 e. The second kappa shape index (κ2) is 5.59. The molecule has 2 heterocycles. The van der Waals surface area contributed by atoms with E-state index in [1.807, 2.05) is 0 Å². The molecule has 20 heavy (non-hydrogen) atoms. The van der Waals surface area contributed by atoms with E-state index in [2.05, 4.69) is 30.9 Å². The van der Waals surface area contributed by atoms with E-state index in [0.717, 1.165) is 37.5 Å². The number of nitrogens with one attached hydrogen (secondary N) is 3. The van der Waals surface area contributed by atoms with Crippen molar-refractivity contribution in [2.45, 2.75) is 44.2 Å². The third kappa shape index (κ3) is 2.52. The van der Waals surface area contributed by atoms with Crippen LogP contribution in [-0.4, -0.2) is 37.4 Å². The Balaban J connectivity index is 1.90. The minimum absolute atomic E-state index is 0.00359. The molecule has 0 saturated heterocycles. The highest BCUT2D eigenvalue weighted by molar-refractivity contribution is 5.87. The van der Waals surface area contributed by atoms with E-state index < -0.39 is 0 Å². The SMILES string of the molecule is NNc1nc(NC2CCCCCC2O)c2cn[nH]c2n1. The Kier molecular flexibility index (Phi) is 3.66. The zero-order chi connectivity index (χ0) is 13.9. The molecule has 2 atom stereocenters. The summed E-state index contributed by atoms with van der Waals surface area (Å²) in [5.41, 5.74) is 3.05. The minimum atomic E-state index is -0.358. The molecule has 2 unspecified atom stereocenters. The van der Waals surface area contributed by atoms with Gasteiger partial charge in [-0.3, -0.25) is 10.5 Å². The summed E-state index contributed by atoms with van der Waals surface area (Å²) in [6.07, 6.45) is 6.39. The molecule has 0 bridgehead atoms. The zero-order valence-electron chi connectivity index (χ0n) is 11.1. The van der Waals surface area contributed by atoms with E-state index >= 15 is 0 Å². The lowest BCUT2D eigenvalue weighted by Crippen LogP contribution is -2.33. The molecule has 0 spiro atoms. The summed E-state index contributed by atoms with van der Waals surface area (Å²) in [7, 11) is 0. The Morgan fingerprint density at radius 1 is 1.25 bits per heavy atom. The fraction of sp³-hybridized carbons (Fsp3) is 0.583.